The number of aliphatic imine (C=N–C) groups is 1. The molecule has 0 radical (unpaired) electrons. The van der Waals surface area contributed by atoms with E-state index in [1.54, 1.807) is 37.8 Å². The summed E-state index contributed by atoms with van der Waals surface area (Å²) in [7, 11) is 1.73. The molecule has 11 nitrogen and oxygen atoms in total. The minimum absolute atomic E-state index is 0.104. The lowest BCUT2D eigenvalue weighted by Crippen LogP contribution is -2.49. The lowest BCUT2D eigenvalue weighted by molar-refractivity contribution is -0.279. The van der Waals surface area contributed by atoms with Crippen LogP contribution in [0.3, 0.4) is 0 Å². The molecule has 2 aliphatic rings. The van der Waals surface area contributed by atoms with Crippen molar-refractivity contribution in [1.29, 1.82) is 0 Å². The molecule has 15 heteroatoms. The zero-order chi connectivity index (χ0) is 26.4. The Hall–Kier alpha value is -3.62. The van der Waals surface area contributed by atoms with E-state index in [4.69, 9.17) is 22.1 Å². The van der Waals surface area contributed by atoms with E-state index in [1.807, 2.05) is 0 Å². The number of alkyl halides is 3. The van der Waals surface area contributed by atoms with Gasteiger partial charge in [0.15, 0.2) is 11.6 Å². The number of nitrogens with zero attached hydrogens (tertiary/aromatic N) is 5. The lowest BCUT2D eigenvalue weighted by Gasteiger charge is -2.29. The van der Waals surface area contributed by atoms with Crippen molar-refractivity contribution < 1.29 is 32.3 Å². The number of hydrogen-bond acceptors (Lipinski definition) is 9. The zero-order valence-electron chi connectivity index (χ0n) is 19.2. The number of aromatic nitrogens is 2. The number of nitrogens with two attached hydrogens (primary N) is 1. The Morgan fingerprint density at radius 1 is 1.36 bits per heavy atom. The molecule has 0 bridgehead atoms. The number of fused-ring (bicyclic) bond motifs is 2. The molecule has 2 aliphatic heterocycles. The second-order valence-electron chi connectivity index (χ2n) is 7.80. The van der Waals surface area contributed by atoms with Crippen LogP contribution in [0, 0.1) is 0 Å². The molecule has 0 saturated heterocycles. The highest BCUT2D eigenvalue weighted by Crippen LogP contribution is 2.38. The van der Waals surface area contributed by atoms with Gasteiger partial charge in [-0.15, -0.1) is 0 Å². The van der Waals surface area contributed by atoms with E-state index in [9.17, 15) is 22.8 Å². The Morgan fingerprint density at radius 2 is 2.08 bits per heavy atom. The van der Waals surface area contributed by atoms with Crippen molar-refractivity contribution in [2.75, 3.05) is 6.61 Å². The maximum Gasteiger partial charge on any atom is 0.492 e. The third kappa shape index (κ3) is 4.50. The maximum absolute atomic E-state index is 13.3. The molecular weight excluding hydrogens is 507 g/mol. The standard InChI is InChI=1S/C21H21ClF3N7O4/c1-4-35-16-11(8-13(22)12-9-30(3)29-15(12)16)10(2)28-19(33)14-17(26)32(36-20(34)21(23,24)25)31-7-5-6-27-18(14)31/h5-10,17H,4,26H2,1-3H3,(H,28,33). The predicted octanol–water partition coefficient (Wildman–Crippen LogP) is 2.45. The first-order valence-corrected chi connectivity index (χ1v) is 11.0. The summed E-state index contributed by atoms with van der Waals surface area (Å²) in [6.07, 6.45) is -1.19. The van der Waals surface area contributed by atoms with Gasteiger partial charge in [0.05, 0.1) is 23.2 Å². The van der Waals surface area contributed by atoms with E-state index in [-0.39, 0.29) is 11.4 Å². The van der Waals surface area contributed by atoms with E-state index < -0.39 is 30.3 Å². The monoisotopic (exact) mass is 527 g/mol. The van der Waals surface area contributed by atoms with Gasteiger partial charge in [-0.05, 0) is 31.2 Å². The fourth-order valence-electron chi connectivity index (χ4n) is 3.78. The van der Waals surface area contributed by atoms with Crippen LogP contribution in [0.1, 0.15) is 25.5 Å². The summed E-state index contributed by atoms with van der Waals surface area (Å²) < 4.78 is 45.7. The van der Waals surface area contributed by atoms with Crippen molar-refractivity contribution in [3.8, 4) is 5.75 Å². The quantitative estimate of drug-likeness (QED) is 0.586. The van der Waals surface area contributed by atoms with Crippen LogP contribution in [-0.4, -0.2) is 57.0 Å². The predicted molar refractivity (Wildman–Crippen MR) is 122 cm³/mol. The molecule has 0 saturated carbocycles. The molecule has 2 atom stereocenters. The summed E-state index contributed by atoms with van der Waals surface area (Å²) in [6, 6.07) is 0.936. The Bertz CT molecular complexity index is 1320. The molecule has 1 amide bonds. The number of halogens is 4. The molecule has 3 N–H and O–H groups in total. The number of hydrazine groups is 1. The highest BCUT2D eigenvalue weighted by molar-refractivity contribution is 6.35. The molecular formula is C21H21ClF3N7O4. The number of carbonyl (C=O) groups is 2. The summed E-state index contributed by atoms with van der Waals surface area (Å²) in [5, 5.41) is 9.56. The molecule has 3 heterocycles. The average molecular weight is 528 g/mol. The van der Waals surface area contributed by atoms with Crippen LogP contribution in [0.4, 0.5) is 13.2 Å². The normalized spacial score (nSPS) is 18.6. The molecule has 4 rings (SSSR count). The van der Waals surface area contributed by atoms with Crippen molar-refractivity contribution in [3.63, 3.8) is 0 Å². The number of benzene rings is 1. The summed E-state index contributed by atoms with van der Waals surface area (Å²) >= 11 is 6.44. The summed E-state index contributed by atoms with van der Waals surface area (Å²) in [5.74, 6) is -2.95. The van der Waals surface area contributed by atoms with Gasteiger partial charge in [-0.25, -0.2) is 14.8 Å². The van der Waals surface area contributed by atoms with Gasteiger partial charge in [0.25, 0.3) is 5.91 Å². The van der Waals surface area contributed by atoms with E-state index in [0.29, 0.717) is 39.0 Å². The number of hydrogen-bond donors (Lipinski definition) is 2. The molecule has 192 valence electrons. The van der Waals surface area contributed by atoms with Gasteiger partial charge in [-0.3, -0.25) is 9.48 Å². The van der Waals surface area contributed by atoms with Gasteiger partial charge in [0.1, 0.15) is 11.7 Å². The minimum Gasteiger partial charge on any atom is -0.491 e. The summed E-state index contributed by atoms with van der Waals surface area (Å²) in [6.45, 7) is 3.77. The van der Waals surface area contributed by atoms with Crippen LogP contribution in [-0.2, 0) is 21.5 Å². The Kier molecular flexibility index (Phi) is 6.68. The van der Waals surface area contributed by atoms with Gasteiger partial charge >= 0.3 is 12.1 Å². The lowest BCUT2D eigenvalue weighted by atomic mass is 10.0. The highest BCUT2D eigenvalue weighted by atomic mass is 35.5. The van der Waals surface area contributed by atoms with Crippen molar-refractivity contribution in [3.05, 3.63) is 46.5 Å². The molecule has 0 fully saturated rings. The smallest absolute Gasteiger partial charge is 0.491 e. The largest absolute Gasteiger partial charge is 0.492 e. The minimum atomic E-state index is -5.28. The van der Waals surface area contributed by atoms with Crippen molar-refractivity contribution >= 4 is 40.6 Å². The molecule has 1 aromatic heterocycles. The van der Waals surface area contributed by atoms with Crippen LogP contribution in [0.2, 0.25) is 5.02 Å². The van der Waals surface area contributed by atoms with Gasteiger partial charge in [-0.2, -0.15) is 18.3 Å². The fourth-order valence-corrected chi connectivity index (χ4v) is 4.04. The highest BCUT2D eigenvalue weighted by Gasteiger charge is 2.48. The third-order valence-corrected chi connectivity index (χ3v) is 5.63. The number of hydroxylamine groups is 1. The Morgan fingerprint density at radius 3 is 2.75 bits per heavy atom. The molecule has 2 aromatic rings. The molecule has 36 heavy (non-hydrogen) atoms. The van der Waals surface area contributed by atoms with E-state index >= 15 is 0 Å². The van der Waals surface area contributed by atoms with Crippen molar-refractivity contribution in [1.82, 2.24) is 25.3 Å². The molecule has 0 aliphatic carbocycles. The van der Waals surface area contributed by atoms with Crippen LogP contribution < -0.4 is 15.8 Å². The number of allylic oxidation sites excluding steroid dienone is 1. The van der Waals surface area contributed by atoms with Crippen LogP contribution >= 0.6 is 11.6 Å². The second kappa shape index (κ2) is 9.44. The van der Waals surface area contributed by atoms with Crippen LogP contribution in [0.5, 0.6) is 5.75 Å². The number of ether oxygens (including phenoxy) is 1. The van der Waals surface area contributed by atoms with Gasteiger partial charge < -0.3 is 20.6 Å². The maximum atomic E-state index is 13.3. The van der Waals surface area contributed by atoms with Crippen molar-refractivity contribution in [2.24, 2.45) is 17.8 Å². The van der Waals surface area contributed by atoms with Crippen molar-refractivity contribution in [2.45, 2.75) is 32.2 Å². The first kappa shape index (κ1) is 25.5. The van der Waals surface area contributed by atoms with Gasteiger partial charge in [0, 0.05) is 36.6 Å². The van der Waals surface area contributed by atoms with Gasteiger partial charge in [-0.1, -0.05) is 11.6 Å². The number of rotatable bonds is 6. The van der Waals surface area contributed by atoms with E-state index in [0.717, 1.165) is 5.01 Å². The Labute approximate surface area is 207 Å². The Balaban J connectivity index is 1.65. The number of amides is 1. The summed E-state index contributed by atoms with van der Waals surface area (Å²) in [4.78, 5) is 33.2. The van der Waals surface area contributed by atoms with E-state index in [1.165, 1.54) is 18.5 Å². The summed E-state index contributed by atoms with van der Waals surface area (Å²) in [5.41, 5.74) is 6.82. The first-order valence-electron chi connectivity index (χ1n) is 10.6. The van der Waals surface area contributed by atoms with Crippen LogP contribution in [0.25, 0.3) is 10.9 Å². The second-order valence-corrected chi connectivity index (χ2v) is 8.20. The number of carbonyl (C=O) groups excluding carboxylic acids is 2. The SMILES string of the molecule is CCOc1c(C(C)NC(=O)C2=C3N=CC=CN3N(OC(=O)C(F)(F)F)C2N)cc(Cl)c2cn(C)nc12. The topological polar surface area (TPSA) is 127 Å². The fraction of sp³-hybridized carbons (Fsp3) is 0.333. The van der Waals surface area contributed by atoms with E-state index in [2.05, 4.69) is 20.2 Å². The van der Waals surface area contributed by atoms with Gasteiger partial charge in [0.2, 0.25) is 0 Å². The molecule has 0 spiro atoms. The zero-order valence-corrected chi connectivity index (χ0v) is 20.0. The molecule has 2 unspecified atom stereocenters. The number of aryl methyl sites for hydroxylation is 1. The first-order chi connectivity index (χ1) is 16.9. The molecule has 1 aromatic carbocycles. The van der Waals surface area contributed by atoms with Crippen LogP contribution in [0.15, 0.2) is 40.9 Å². The number of nitrogens with one attached hydrogen (secondary N) is 1. The average Bonchev–Trinajstić information content (AvgIpc) is 3.33. The third-order valence-electron chi connectivity index (χ3n) is 5.32.